The first-order valence-corrected chi connectivity index (χ1v) is 8.09. The van der Waals surface area contributed by atoms with Crippen molar-refractivity contribution >= 4 is 22.6 Å². The van der Waals surface area contributed by atoms with Gasteiger partial charge in [-0.1, -0.05) is 30.3 Å². The summed E-state index contributed by atoms with van der Waals surface area (Å²) in [6.45, 7) is 3.42. The van der Waals surface area contributed by atoms with Crippen LogP contribution in [0.4, 0.5) is 5.95 Å². The van der Waals surface area contributed by atoms with Gasteiger partial charge in [-0.3, -0.25) is 9.89 Å². The molecule has 3 N–H and O–H groups in total. The fraction of sp³-hybridized carbons (Fsp3) is 0.278. The number of nitrogens with two attached hydrogens (primary N) is 1. The number of aromatic nitrogens is 3. The molecule has 0 spiro atoms. The van der Waals surface area contributed by atoms with E-state index in [9.17, 15) is 4.79 Å². The molecule has 1 aliphatic rings. The zero-order valence-electron chi connectivity index (χ0n) is 13.5. The minimum absolute atomic E-state index is 0.0705. The molecule has 24 heavy (non-hydrogen) atoms. The number of hydrogen-bond donors (Lipinski definition) is 2. The average Bonchev–Trinajstić information content (AvgIpc) is 3.24. The number of nitrogens with zero attached hydrogens (tertiary/aromatic N) is 3. The van der Waals surface area contributed by atoms with Gasteiger partial charge < -0.3 is 10.6 Å². The number of carbonyl (C=O) groups is 1. The molecule has 1 aliphatic heterocycles. The molecule has 1 unspecified atom stereocenters. The van der Waals surface area contributed by atoms with Gasteiger partial charge >= 0.3 is 0 Å². The number of fused-ring (bicyclic) bond motifs is 1. The van der Waals surface area contributed by atoms with Gasteiger partial charge in [0, 0.05) is 24.6 Å². The molecule has 2 aromatic carbocycles. The van der Waals surface area contributed by atoms with Crippen molar-refractivity contribution in [1.82, 2.24) is 20.1 Å². The maximum Gasteiger partial charge on any atom is 0.254 e. The first kappa shape index (κ1) is 14.7. The largest absolute Gasteiger partial charge is 0.367 e. The summed E-state index contributed by atoms with van der Waals surface area (Å²) in [5.41, 5.74) is 7.51. The van der Waals surface area contributed by atoms with Gasteiger partial charge in [-0.15, -0.1) is 5.10 Å². The molecule has 1 aromatic heterocycles. The van der Waals surface area contributed by atoms with E-state index in [2.05, 4.69) is 28.2 Å². The molecule has 0 aliphatic carbocycles. The SMILES string of the molecule is Cc1ccc(C(=O)N2CCC(c3nc(N)n[nH]3)C2)c2ccccc12. The molecular weight excluding hydrogens is 302 g/mol. The number of rotatable bonds is 2. The van der Waals surface area contributed by atoms with Crippen molar-refractivity contribution in [2.24, 2.45) is 0 Å². The molecular formula is C18H19N5O. The van der Waals surface area contributed by atoms with E-state index < -0.39 is 0 Å². The Balaban J connectivity index is 1.62. The van der Waals surface area contributed by atoms with Crippen LogP contribution in [0.2, 0.25) is 0 Å². The second kappa shape index (κ2) is 5.63. The van der Waals surface area contributed by atoms with Gasteiger partial charge in [0.2, 0.25) is 5.95 Å². The third-order valence-corrected chi connectivity index (χ3v) is 4.75. The molecule has 4 rings (SSSR count). The van der Waals surface area contributed by atoms with Crippen molar-refractivity contribution in [1.29, 1.82) is 0 Å². The van der Waals surface area contributed by atoms with Crippen LogP contribution >= 0.6 is 0 Å². The molecule has 3 aromatic rings. The normalized spacial score (nSPS) is 17.5. The second-order valence-corrected chi connectivity index (χ2v) is 6.29. The van der Waals surface area contributed by atoms with Gasteiger partial charge in [0.25, 0.3) is 5.91 Å². The first-order chi connectivity index (χ1) is 11.6. The number of aryl methyl sites for hydroxylation is 1. The van der Waals surface area contributed by atoms with Crippen LogP contribution in [0.1, 0.15) is 34.1 Å². The number of nitrogen functional groups attached to an aromatic ring is 1. The summed E-state index contributed by atoms with van der Waals surface area (Å²) in [6.07, 6.45) is 0.865. The van der Waals surface area contributed by atoms with E-state index in [1.165, 1.54) is 5.56 Å². The number of anilines is 1. The Morgan fingerprint density at radius 3 is 2.79 bits per heavy atom. The number of benzene rings is 2. The molecule has 1 amide bonds. The molecule has 1 atom stereocenters. The molecule has 6 heteroatoms. The van der Waals surface area contributed by atoms with Crippen molar-refractivity contribution in [2.75, 3.05) is 18.8 Å². The summed E-state index contributed by atoms with van der Waals surface area (Å²) in [4.78, 5) is 19.1. The monoisotopic (exact) mass is 321 g/mol. The van der Waals surface area contributed by atoms with Crippen LogP contribution in [0.25, 0.3) is 10.8 Å². The lowest BCUT2D eigenvalue weighted by Crippen LogP contribution is -2.28. The fourth-order valence-electron chi connectivity index (χ4n) is 3.45. The van der Waals surface area contributed by atoms with Crippen LogP contribution in [0.15, 0.2) is 36.4 Å². The maximum atomic E-state index is 13.0. The second-order valence-electron chi connectivity index (χ2n) is 6.29. The van der Waals surface area contributed by atoms with E-state index in [0.717, 1.165) is 28.6 Å². The Hall–Kier alpha value is -2.89. The highest BCUT2D eigenvalue weighted by molar-refractivity contribution is 6.07. The molecule has 1 saturated heterocycles. The van der Waals surface area contributed by atoms with Crippen LogP contribution in [0.3, 0.4) is 0 Å². The predicted octanol–water partition coefficient (Wildman–Crippen LogP) is 2.48. The number of aromatic amines is 1. The zero-order valence-corrected chi connectivity index (χ0v) is 13.5. The highest BCUT2D eigenvalue weighted by atomic mass is 16.2. The average molecular weight is 321 g/mol. The quantitative estimate of drug-likeness (QED) is 0.759. The van der Waals surface area contributed by atoms with Gasteiger partial charge in [-0.2, -0.15) is 4.98 Å². The molecule has 122 valence electrons. The van der Waals surface area contributed by atoms with Gasteiger partial charge in [0.05, 0.1) is 0 Å². The predicted molar refractivity (Wildman–Crippen MR) is 92.7 cm³/mol. The van der Waals surface area contributed by atoms with Crippen LogP contribution in [-0.4, -0.2) is 39.1 Å². The Bertz CT molecular complexity index is 917. The lowest BCUT2D eigenvalue weighted by Gasteiger charge is -2.18. The van der Waals surface area contributed by atoms with E-state index in [0.29, 0.717) is 13.1 Å². The molecule has 2 heterocycles. The van der Waals surface area contributed by atoms with Crippen molar-refractivity contribution < 1.29 is 4.79 Å². The van der Waals surface area contributed by atoms with Gasteiger partial charge in [0.1, 0.15) is 5.82 Å². The molecule has 0 saturated carbocycles. The van der Waals surface area contributed by atoms with Gasteiger partial charge in [-0.05, 0) is 35.7 Å². The zero-order chi connectivity index (χ0) is 16.7. The minimum Gasteiger partial charge on any atom is -0.367 e. The minimum atomic E-state index is 0.0705. The van der Waals surface area contributed by atoms with Crippen molar-refractivity contribution in [3.8, 4) is 0 Å². The van der Waals surface area contributed by atoms with Crippen molar-refractivity contribution in [2.45, 2.75) is 19.3 Å². The summed E-state index contributed by atoms with van der Waals surface area (Å²) < 4.78 is 0. The highest BCUT2D eigenvalue weighted by Crippen LogP contribution is 2.29. The van der Waals surface area contributed by atoms with Gasteiger partial charge in [-0.25, -0.2) is 0 Å². The fourth-order valence-corrected chi connectivity index (χ4v) is 3.45. The van der Waals surface area contributed by atoms with E-state index in [1.54, 1.807) is 0 Å². The van der Waals surface area contributed by atoms with Crippen molar-refractivity contribution in [3.05, 3.63) is 53.3 Å². The third-order valence-electron chi connectivity index (χ3n) is 4.75. The summed E-state index contributed by atoms with van der Waals surface area (Å²) in [7, 11) is 0. The Kier molecular flexibility index (Phi) is 3.45. The third kappa shape index (κ3) is 2.40. The first-order valence-electron chi connectivity index (χ1n) is 8.09. The van der Waals surface area contributed by atoms with E-state index in [1.807, 2.05) is 35.2 Å². The summed E-state index contributed by atoms with van der Waals surface area (Å²) >= 11 is 0. The topological polar surface area (TPSA) is 87.9 Å². The van der Waals surface area contributed by atoms with E-state index >= 15 is 0 Å². The molecule has 0 radical (unpaired) electrons. The standard InChI is InChI=1S/C18H19N5O/c1-11-6-7-15(14-5-3-2-4-13(11)14)17(24)23-9-8-12(10-23)16-20-18(19)22-21-16/h2-7,12H,8-10H2,1H3,(H3,19,20,21,22). The molecule has 6 nitrogen and oxygen atoms in total. The van der Waals surface area contributed by atoms with Crippen LogP contribution in [0.5, 0.6) is 0 Å². The Morgan fingerprint density at radius 1 is 1.25 bits per heavy atom. The number of nitrogens with one attached hydrogen (secondary N) is 1. The maximum absolute atomic E-state index is 13.0. The number of hydrogen-bond acceptors (Lipinski definition) is 4. The molecule has 0 bridgehead atoms. The smallest absolute Gasteiger partial charge is 0.254 e. The van der Waals surface area contributed by atoms with Crippen LogP contribution in [-0.2, 0) is 0 Å². The summed E-state index contributed by atoms with van der Waals surface area (Å²) in [5.74, 6) is 1.24. The van der Waals surface area contributed by atoms with Crippen LogP contribution < -0.4 is 5.73 Å². The Labute approximate surface area is 139 Å². The van der Waals surface area contributed by atoms with E-state index in [4.69, 9.17) is 5.73 Å². The highest BCUT2D eigenvalue weighted by Gasteiger charge is 2.30. The number of likely N-dealkylation sites (tertiary alicyclic amines) is 1. The lowest BCUT2D eigenvalue weighted by molar-refractivity contribution is 0.0792. The molecule has 1 fully saturated rings. The number of amides is 1. The Morgan fingerprint density at radius 2 is 2.04 bits per heavy atom. The lowest BCUT2D eigenvalue weighted by atomic mass is 9.99. The summed E-state index contributed by atoms with van der Waals surface area (Å²) in [6, 6.07) is 12.0. The van der Waals surface area contributed by atoms with E-state index in [-0.39, 0.29) is 17.8 Å². The van der Waals surface area contributed by atoms with Crippen molar-refractivity contribution in [3.63, 3.8) is 0 Å². The van der Waals surface area contributed by atoms with Crippen LogP contribution in [0, 0.1) is 6.92 Å². The number of carbonyl (C=O) groups excluding carboxylic acids is 1. The number of H-pyrrole nitrogens is 1. The van der Waals surface area contributed by atoms with Gasteiger partial charge in [0.15, 0.2) is 0 Å². The summed E-state index contributed by atoms with van der Waals surface area (Å²) in [5, 5.41) is 8.87.